The van der Waals surface area contributed by atoms with Crippen molar-refractivity contribution in [2.75, 3.05) is 0 Å². The van der Waals surface area contributed by atoms with Gasteiger partial charge in [0.25, 0.3) is 0 Å². The molecule has 2 N–H and O–H groups in total. The topological polar surface area (TPSA) is 87.1 Å². The first-order valence-corrected chi connectivity index (χ1v) is 13.8. The highest BCUT2D eigenvalue weighted by atomic mass is 16.6. The van der Waals surface area contributed by atoms with Gasteiger partial charge in [0.15, 0.2) is 5.78 Å². The van der Waals surface area contributed by atoms with Crippen molar-refractivity contribution < 1.29 is 24.5 Å². The van der Waals surface area contributed by atoms with E-state index in [1.807, 2.05) is 13.8 Å². The number of aliphatic hydroxyl groups is 2. The number of carbonyl (C=O) groups excluding carboxylic acids is 2. The minimum absolute atomic E-state index is 0.0589. The van der Waals surface area contributed by atoms with Crippen molar-refractivity contribution >= 4 is 11.6 Å². The van der Waals surface area contributed by atoms with Crippen molar-refractivity contribution in [3.05, 3.63) is 11.1 Å². The molecule has 0 spiro atoms. The lowest BCUT2D eigenvalue weighted by Gasteiger charge is -2.68. The van der Waals surface area contributed by atoms with E-state index in [2.05, 4.69) is 41.5 Å². The van der Waals surface area contributed by atoms with E-state index in [9.17, 15) is 19.8 Å². The second-order valence-corrected chi connectivity index (χ2v) is 14.6. The molecular formula is C30H46O5. The fourth-order valence-corrected chi connectivity index (χ4v) is 9.98. The van der Waals surface area contributed by atoms with Crippen LogP contribution in [0.25, 0.3) is 0 Å². The summed E-state index contributed by atoms with van der Waals surface area (Å²) in [5.74, 6) is 0.793. The second-order valence-electron chi connectivity index (χ2n) is 14.6. The average Bonchev–Trinajstić information content (AvgIpc) is 3.28. The summed E-state index contributed by atoms with van der Waals surface area (Å²) in [5, 5.41) is 22.6. The van der Waals surface area contributed by atoms with Gasteiger partial charge in [-0.2, -0.15) is 0 Å². The molecular weight excluding hydrogens is 440 g/mol. The lowest BCUT2D eigenvalue weighted by molar-refractivity contribution is -0.208. The number of fused-ring (bicyclic) bond motifs is 5. The van der Waals surface area contributed by atoms with Crippen LogP contribution in [0.1, 0.15) is 100 Å². The van der Waals surface area contributed by atoms with Gasteiger partial charge in [0.05, 0.1) is 17.8 Å². The predicted octanol–water partition coefficient (Wildman–Crippen LogP) is 5.02. The number of ether oxygens (including phenoxy) is 1. The summed E-state index contributed by atoms with van der Waals surface area (Å²) in [6.45, 7) is 17.2. The molecule has 4 aliphatic carbocycles. The molecule has 1 heterocycles. The predicted molar refractivity (Wildman–Crippen MR) is 135 cm³/mol. The Morgan fingerprint density at radius 3 is 2.29 bits per heavy atom. The molecule has 5 heteroatoms. The molecule has 0 amide bonds. The Morgan fingerprint density at radius 1 is 1.06 bits per heavy atom. The van der Waals surface area contributed by atoms with Crippen LogP contribution in [0, 0.1) is 39.4 Å². The molecule has 0 aromatic rings. The van der Waals surface area contributed by atoms with Crippen LogP contribution in [0.2, 0.25) is 0 Å². The summed E-state index contributed by atoms with van der Waals surface area (Å²) in [4.78, 5) is 26.5. The zero-order chi connectivity index (χ0) is 25.9. The normalized spacial score (nSPS) is 47.6. The Labute approximate surface area is 211 Å². The van der Waals surface area contributed by atoms with Gasteiger partial charge in [0, 0.05) is 23.7 Å². The van der Waals surface area contributed by atoms with E-state index in [1.54, 1.807) is 0 Å². The van der Waals surface area contributed by atoms with E-state index >= 15 is 0 Å². The highest BCUT2D eigenvalue weighted by Crippen LogP contribution is 2.73. The molecule has 0 aromatic carbocycles. The third kappa shape index (κ3) is 3.29. The first-order chi connectivity index (χ1) is 16.0. The zero-order valence-electron chi connectivity index (χ0n) is 23.0. The highest BCUT2D eigenvalue weighted by molar-refractivity contribution is 6.00. The Kier molecular flexibility index (Phi) is 5.49. The van der Waals surface area contributed by atoms with Gasteiger partial charge in [0.1, 0.15) is 11.9 Å². The molecule has 4 fully saturated rings. The van der Waals surface area contributed by atoms with E-state index in [0.29, 0.717) is 31.5 Å². The number of carbonyl (C=O) groups is 2. The Morgan fingerprint density at radius 2 is 1.69 bits per heavy atom. The second kappa shape index (κ2) is 7.51. The van der Waals surface area contributed by atoms with E-state index in [-0.39, 0.29) is 56.9 Å². The van der Waals surface area contributed by atoms with Crippen LogP contribution in [-0.2, 0) is 14.3 Å². The van der Waals surface area contributed by atoms with E-state index in [0.717, 1.165) is 30.4 Å². The molecule has 5 nitrogen and oxygen atoms in total. The standard InChI is InChI=1S/C30H46O5/c1-16(13-19(32)25-27(4,5)35-25)23-17-14-18(31)24-28(6)11-10-22(34)26(2,3)21(28)9-12-29(24,7)30(17,8)15-20(23)33/h16,18-19,21,24-25,31-32H,9-15H2,1-8H3/t16-,18+,19+,21+,24+,25-,28+,29+,30+/m1/s1. The maximum Gasteiger partial charge on any atom is 0.160 e. The van der Waals surface area contributed by atoms with Gasteiger partial charge in [0.2, 0.25) is 0 Å². The number of aliphatic hydroxyl groups excluding tert-OH is 2. The van der Waals surface area contributed by atoms with Crippen LogP contribution in [0.15, 0.2) is 11.1 Å². The van der Waals surface area contributed by atoms with Crippen molar-refractivity contribution in [1.82, 2.24) is 0 Å². The molecule has 5 aliphatic rings. The lowest BCUT2D eigenvalue weighted by Crippen LogP contribution is -2.65. The zero-order valence-corrected chi connectivity index (χ0v) is 23.0. The van der Waals surface area contributed by atoms with Crippen molar-refractivity contribution in [2.45, 2.75) is 124 Å². The summed E-state index contributed by atoms with van der Waals surface area (Å²) in [7, 11) is 0. The molecule has 196 valence electrons. The fraction of sp³-hybridized carbons (Fsp3) is 0.867. The van der Waals surface area contributed by atoms with Gasteiger partial charge in [-0.05, 0) is 80.1 Å². The minimum atomic E-state index is -0.596. The van der Waals surface area contributed by atoms with Gasteiger partial charge in [-0.1, -0.05) is 47.1 Å². The number of Topliss-reactive ketones (excluding diaryl/α,β-unsaturated/α-hetero) is 2. The van der Waals surface area contributed by atoms with E-state index in [1.165, 1.54) is 0 Å². The Bertz CT molecular complexity index is 993. The summed E-state index contributed by atoms with van der Waals surface area (Å²) in [5.41, 5.74) is 0.700. The van der Waals surface area contributed by atoms with Crippen LogP contribution in [0.5, 0.6) is 0 Å². The Balaban J connectivity index is 1.51. The monoisotopic (exact) mass is 486 g/mol. The summed E-state index contributed by atoms with van der Waals surface area (Å²) < 4.78 is 5.66. The summed E-state index contributed by atoms with van der Waals surface area (Å²) in [6, 6.07) is 0. The SMILES string of the molecule is C[C@H](C[C@H](O)[C@H]1OC1(C)C)C1=C2C[C@H](O)[C@H]3[C@@]4(C)CCC(=O)C(C)(C)[C@@H]4CC[C@]3(C)[C@@]2(C)CC1=O. The third-order valence-electron chi connectivity index (χ3n) is 12.0. The smallest absolute Gasteiger partial charge is 0.160 e. The molecule has 5 rings (SSSR count). The fourth-order valence-electron chi connectivity index (χ4n) is 9.98. The maximum atomic E-state index is 13.6. The van der Waals surface area contributed by atoms with Gasteiger partial charge < -0.3 is 14.9 Å². The van der Waals surface area contributed by atoms with Gasteiger partial charge in [-0.3, -0.25) is 9.59 Å². The molecule has 3 saturated carbocycles. The van der Waals surface area contributed by atoms with Crippen LogP contribution < -0.4 is 0 Å². The van der Waals surface area contributed by atoms with Crippen LogP contribution in [0.4, 0.5) is 0 Å². The van der Waals surface area contributed by atoms with Crippen molar-refractivity contribution in [3.8, 4) is 0 Å². The lowest BCUT2D eigenvalue weighted by atomic mass is 9.36. The molecule has 0 aromatic heterocycles. The molecule has 0 unspecified atom stereocenters. The number of rotatable bonds is 4. The van der Waals surface area contributed by atoms with E-state index in [4.69, 9.17) is 4.74 Å². The quantitative estimate of drug-likeness (QED) is 0.545. The number of epoxide rings is 1. The van der Waals surface area contributed by atoms with Crippen LogP contribution in [-0.4, -0.2) is 45.7 Å². The van der Waals surface area contributed by atoms with Crippen molar-refractivity contribution in [1.29, 1.82) is 0 Å². The highest BCUT2D eigenvalue weighted by Gasteiger charge is 2.70. The third-order valence-corrected chi connectivity index (χ3v) is 12.0. The summed E-state index contributed by atoms with van der Waals surface area (Å²) >= 11 is 0. The molecule has 9 atom stereocenters. The molecule has 1 saturated heterocycles. The largest absolute Gasteiger partial charge is 0.392 e. The molecule has 0 bridgehead atoms. The number of hydrogen-bond acceptors (Lipinski definition) is 5. The van der Waals surface area contributed by atoms with Gasteiger partial charge in [-0.25, -0.2) is 0 Å². The van der Waals surface area contributed by atoms with Crippen molar-refractivity contribution in [2.24, 2.45) is 39.4 Å². The first-order valence-electron chi connectivity index (χ1n) is 13.8. The van der Waals surface area contributed by atoms with Crippen molar-refractivity contribution in [3.63, 3.8) is 0 Å². The number of allylic oxidation sites excluding steroid dienone is 1. The Hall–Kier alpha value is -1.04. The van der Waals surface area contributed by atoms with Crippen LogP contribution >= 0.6 is 0 Å². The minimum Gasteiger partial charge on any atom is -0.392 e. The number of ketones is 2. The number of hydrogen-bond donors (Lipinski definition) is 2. The first kappa shape index (κ1) is 25.6. The van der Waals surface area contributed by atoms with Gasteiger partial charge in [-0.15, -0.1) is 0 Å². The maximum absolute atomic E-state index is 13.6. The molecule has 0 radical (unpaired) electrons. The van der Waals surface area contributed by atoms with Crippen LogP contribution in [0.3, 0.4) is 0 Å². The van der Waals surface area contributed by atoms with Gasteiger partial charge >= 0.3 is 0 Å². The molecule has 1 aliphatic heterocycles. The average molecular weight is 487 g/mol. The summed E-state index contributed by atoms with van der Waals surface area (Å²) in [6.07, 6.45) is 3.52. The van der Waals surface area contributed by atoms with E-state index < -0.39 is 12.2 Å². The molecule has 35 heavy (non-hydrogen) atoms.